The van der Waals surface area contributed by atoms with Crippen LogP contribution in [0.2, 0.25) is 0 Å². The molecule has 0 aliphatic heterocycles. The van der Waals surface area contributed by atoms with Gasteiger partial charge in [0.2, 0.25) is 0 Å². The van der Waals surface area contributed by atoms with Crippen LogP contribution in [0.1, 0.15) is 64.2 Å². The molecule has 0 saturated heterocycles. The number of nitrogens with zero attached hydrogens (tertiary/aromatic N) is 2. The summed E-state index contributed by atoms with van der Waals surface area (Å²) in [5, 5.41) is 0. The Morgan fingerprint density at radius 3 is 2.86 bits per heavy atom. The van der Waals surface area contributed by atoms with Crippen molar-refractivity contribution in [3.05, 3.63) is 24.0 Å². The molecule has 0 spiro atoms. The quantitative estimate of drug-likeness (QED) is 0.655. The fourth-order valence-electron chi connectivity index (χ4n) is 3.79. The lowest BCUT2D eigenvalue weighted by atomic mass is 9.96. The van der Waals surface area contributed by atoms with Crippen molar-refractivity contribution in [3.8, 4) is 0 Å². The number of hydrogen-bond donors (Lipinski definition) is 1. The predicted molar refractivity (Wildman–Crippen MR) is 89.4 cm³/mol. The third-order valence-electron chi connectivity index (χ3n) is 4.91. The van der Waals surface area contributed by atoms with E-state index in [4.69, 9.17) is 10.7 Å². The molecule has 21 heavy (non-hydrogen) atoms. The van der Waals surface area contributed by atoms with Gasteiger partial charge in [0.05, 0.1) is 11.0 Å². The number of benzene rings is 1. The van der Waals surface area contributed by atoms with Crippen molar-refractivity contribution in [2.75, 3.05) is 5.73 Å². The molecule has 2 N–H and O–H groups in total. The molecule has 0 bridgehead atoms. The molecular formula is C18H27N3. The van der Waals surface area contributed by atoms with Crippen LogP contribution in [0.3, 0.4) is 0 Å². The van der Waals surface area contributed by atoms with Crippen molar-refractivity contribution in [2.24, 2.45) is 5.92 Å². The maximum absolute atomic E-state index is 5.94. The lowest BCUT2D eigenvalue weighted by Gasteiger charge is -2.26. The fourth-order valence-corrected chi connectivity index (χ4v) is 3.79. The first-order valence-corrected chi connectivity index (χ1v) is 8.47. The number of anilines is 1. The third kappa shape index (κ3) is 2.78. The highest BCUT2D eigenvalue weighted by atomic mass is 15.1. The second-order valence-electron chi connectivity index (χ2n) is 6.58. The second-order valence-corrected chi connectivity index (χ2v) is 6.58. The highest BCUT2D eigenvalue weighted by Crippen LogP contribution is 2.36. The number of nitrogen functional groups attached to an aromatic ring is 1. The van der Waals surface area contributed by atoms with Crippen LogP contribution in [-0.4, -0.2) is 9.55 Å². The number of aromatic nitrogens is 2. The predicted octanol–water partition coefficient (Wildman–Crippen LogP) is 4.71. The SMILES string of the molecule is CCCc1nc2cc(N)ccc2n1C1CCCCCC1C. The van der Waals surface area contributed by atoms with E-state index in [2.05, 4.69) is 24.5 Å². The molecule has 0 radical (unpaired) electrons. The molecule has 1 fully saturated rings. The molecule has 1 aliphatic rings. The number of rotatable bonds is 3. The summed E-state index contributed by atoms with van der Waals surface area (Å²) in [5.41, 5.74) is 9.08. The zero-order valence-electron chi connectivity index (χ0n) is 13.3. The second kappa shape index (κ2) is 6.08. The van der Waals surface area contributed by atoms with Gasteiger partial charge in [0.1, 0.15) is 5.82 Å². The molecule has 114 valence electrons. The minimum atomic E-state index is 0.600. The van der Waals surface area contributed by atoms with Gasteiger partial charge in [-0.25, -0.2) is 4.98 Å². The van der Waals surface area contributed by atoms with Gasteiger partial charge in [-0.1, -0.05) is 33.1 Å². The fraction of sp³-hybridized carbons (Fsp3) is 0.611. The summed E-state index contributed by atoms with van der Waals surface area (Å²) < 4.78 is 2.54. The van der Waals surface area contributed by atoms with E-state index in [0.717, 1.165) is 30.0 Å². The summed E-state index contributed by atoms with van der Waals surface area (Å²) in [6.45, 7) is 4.64. The minimum Gasteiger partial charge on any atom is -0.399 e. The molecular weight excluding hydrogens is 258 g/mol. The smallest absolute Gasteiger partial charge is 0.110 e. The van der Waals surface area contributed by atoms with E-state index in [1.807, 2.05) is 12.1 Å². The highest BCUT2D eigenvalue weighted by molar-refractivity contribution is 5.79. The van der Waals surface area contributed by atoms with Gasteiger partial charge in [0, 0.05) is 18.2 Å². The molecule has 1 saturated carbocycles. The first kappa shape index (κ1) is 14.4. The first-order chi connectivity index (χ1) is 10.2. The molecule has 3 rings (SSSR count). The summed E-state index contributed by atoms with van der Waals surface area (Å²) >= 11 is 0. The van der Waals surface area contributed by atoms with Gasteiger partial charge in [0.15, 0.2) is 0 Å². The Hall–Kier alpha value is -1.51. The van der Waals surface area contributed by atoms with Gasteiger partial charge in [-0.2, -0.15) is 0 Å². The lowest BCUT2D eigenvalue weighted by molar-refractivity contribution is 0.332. The number of imidazole rings is 1. The lowest BCUT2D eigenvalue weighted by Crippen LogP contribution is -2.18. The van der Waals surface area contributed by atoms with Crippen LogP contribution in [0.15, 0.2) is 18.2 Å². The molecule has 2 aromatic rings. The average Bonchev–Trinajstić information content (AvgIpc) is 2.65. The van der Waals surface area contributed by atoms with E-state index in [-0.39, 0.29) is 0 Å². The van der Waals surface area contributed by atoms with Gasteiger partial charge in [-0.3, -0.25) is 0 Å². The summed E-state index contributed by atoms with van der Waals surface area (Å²) in [6, 6.07) is 6.79. The molecule has 2 unspecified atom stereocenters. The van der Waals surface area contributed by atoms with Crippen molar-refractivity contribution in [3.63, 3.8) is 0 Å². The zero-order valence-corrected chi connectivity index (χ0v) is 13.3. The van der Waals surface area contributed by atoms with Crippen molar-refractivity contribution in [1.29, 1.82) is 0 Å². The molecule has 1 aromatic heterocycles. The van der Waals surface area contributed by atoms with Gasteiger partial charge in [-0.15, -0.1) is 0 Å². The number of nitrogens with two attached hydrogens (primary N) is 1. The Bertz CT molecular complexity index is 614. The molecule has 1 aliphatic carbocycles. The number of hydrogen-bond acceptors (Lipinski definition) is 2. The molecule has 1 heterocycles. The molecule has 3 heteroatoms. The van der Waals surface area contributed by atoms with Gasteiger partial charge < -0.3 is 10.3 Å². The van der Waals surface area contributed by atoms with Crippen LogP contribution in [0, 0.1) is 5.92 Å². The minimum absolute atomic E-state index is 0.600. The van der Waals surface area contributed by atoms with Crippen molar-refractivity contribution in [1.82, 2.24) is 9.55 Å². The summed E-state index contributed by atoms with van der Waals surface area (Å²) in [5.74, 6) is 1.98. The van der Waals surface area contributed by atoms with Gasteiger partial charge in [0.25, 0.3) is 0 Å². The Balaban J connectivity index is 2.11. The van der Waals surface area contributed by atoms with Crippen LogP contribution in [0.4, 0.5) is 5.69 Å². The third-order valence-corrected chi connectivity index (χ3v) is 4.91. The Kier molecular flexibility index (Phi) is 4.18. The Morgan fingerprint density at radius 2 is 2.05 bits per heavy atom. The topological polar surface area (TPSA) is 43.8 Å². The van der Waals surface area contributed by atoms with Crippen LogP contribution >= 0.6 is 0 Å². The van der Waals surface area contributed by atoms with E-state index in [9.17, 15) is 0 Å². The van der Waals surface area contributed by atoms with Gasteiger partial charge >= 0.3 is 0 Å². The monoisotopic (exact) mass is 285 g/mol. The molecule has 3 nitrogen and oxygen atoms in total. The standard InChI is InChI=1S/C18H27N3/c1-3-7-18-20-15-12-14(19)10-11-17(15)21(18)16-9-6-4-5-8-13(16)2/h10-13,16H,3-9,19H2,1-2H3. The van der Waals surface area contributed by atoms with E-state index in [0.29, 0.717) is 6.04 Å². The summed E-state index contributed by atoms with van der Waals surface area (Å²) in [7, 11) is 0. The van der Waals surface area contributed by atoms with Gasteiger partial charge in [-0.05, 0) is 43.4 Å². The largest absolute Gasteiger partial charge is 0.399 e. The van der Waals surface area contributed by atoms with Crippen LogP contribution in [0.25, 0.3) is 11.0 Å². The van der Waals surface area contributed by atoms with E-state index >= 15 is 0 Å². The Morgan fingerprint density at radius 1 is 1.24 bits per heavy atom. The van der Waals surface area contributed by atoms with Crippen LogP contribution in [0.5, 0.6) is 0 Å². The van der Waals surface area contributed by atoms with Crippen LogP contribution < -0.4 is 5.73 Å². The summed E-state index contributed by atoms with van der Waals surface area (Å²) in [4.78, 5) is 4.89. The van der Waals surface area contributed by atoms with Crippen LogP contribution in [-0.2, 0) is 6.42 Å². The van der Waals surface area contributed by atoms with E-state index in [1.165, 1.54) is 43.4 Å². The summed E-state index contributed by atoms with van der Waals surface area (Å²) in [6.07, 6.45) is 8.91. The molecule has 0 amide bonds. The Labute approximate surface area is 127 Å². The zero-order chi connectivity index (χ0) is 14.8. The van der Waals surface area contributed by atoms with E-state index < -0.39 is 0 Å². The van der Waals surface area contributed by atoms with Crippen molar-refractivity contribution < 1.29 is 0 Å². The highest BCUT2D eigenvalue weighted by Gasteiger charge is 2.25. The average molecular weight is 285 g/mol. The maximum atomic E-state index is 5.94. The first-order valence-electron chi connectivity index (χ1n) is 8.47. The molecule has 1 aromatic carbocycles. The van der Waals surface area contributed by atoms with Crippen molar-refractivity contribution >= 4 is 16.7 Å². The van der Waals surface area contributed by atoms with E-state index in [1.54, 1.807) is 0 Å². The van der Waals surface area contributed by atoms with Crippen molar-refractivity contribution in [2.45, 2.75) is 64.8 Å². The maximum Gasteiger partial charge on any atom is 0.110 e. The number of aryl methyl sites for hydroxylation is 1. The number of fused-ring (bicyclic) bond motifs is 1. The molecule has 2 atom stereocenters. The normalized spacial score (nSPS) is 23.3.